The molecule has 1 aromatic carbocycles. The number of nitrogens with zero attached hydrogens (tertiary/aromatic N) is 4. The van der Waals surface area contributed by atoms with Crippen LogP contribution in [0, 0.1) is 0 Å². The highest BCUT2D eigenvalue weighted by Crippen LogP contribution is 2.24. The molecule has 2 aromatic heterocycles. The number of benzene rings is 1. The van der Waals surface area contributed by atoms with Crippen molar-refractivity contribution < 1.29 is 9.53 Å². The van der Waals surface area contributed by atoms with Crippen molar-refractivity contribution in [2.45, 2.75) is 13.0 Å². The monoisotopic (exact) mass is 397 g/mol. The predicted octanol–water partition coefficient (Wildman–Crippen LogP) is 2.19. The number of anilines is 2. The molecule has 144 valence electrons. The number of fused-ring (bicyclic) bond motifs is 1. The second kappa shape index (κ2) is 7.43. The van der Waals surface area contributed by atoms with Crippen LogP contribution in [0.2, 0.25) is 0 Å². The summed E-state index contributed by atoms with van der Waals surface area (Å²) in [5.41, 5.74) is 2.75. The Balaban J connectivity index is 1.46. The molecule has 1 aliphatic heterocycles. The number of hydrogen-bond donors (Lipinski definition) is 1. The lowest BCUT2D eigenvalue weighted by atomic mass is 10.1. The first-order chi connectivity index (χ1) is 13.5. The number of hydrogen-bond acceptors (Lipinski definition) is 7. The number of amides is 1. The van der Waals surface area contributed by atoms with Crippen LogP contribution in [-0.2, 0) is 20.0 Å². The van der Waals surface area contributed by atoms with E-state index in [9.17, 15) is 9.59 Å². The van der Waals surface area contributed by atoms with Gasteiger partial charge in [0, 0.05) is 49.3 Å². The van der Waals surface area contributed by atoms with Gasteiger partial charge in [-0.2, -0.15) is 5.10 Å². The molecule has 0 radical (unpaired) electrons. The fourth-order valence-electron chi connectivity index (χ4n) is 3.06. The lowest BCUT2D eigenvalue weighted by molar-refractivity contribution is 0.0727. The summed E-state index contributed by atoms with van der Waals surface area (Å²) in [4.78, 5) is 30.8. The van der Waals surface area contributed by atoms with E-state index in [1.165, 1.54) is 16.0 Å². The van der Waals surface area contributed by atoms with E-state index in [1.807, 2.05) is 24.3 Å². The molecule has 0 bridgehead atoms. The standard InChI is InChI=1S/C19H19N5O3S/c1-23-17(25)9-12-10-24(8-7-15(12)22-23)18(26)16-11-28-19(21-16)20-13-3-5-14(27-2)6-4-13/h3-6,9,11H,7-8,10H2,1-2H3,(H,20,21). The number of carbonyl (C=O) groups is 1. The van der Waals surface area contributed by atoms with Gasteiger partial charge in [0.2, 0.25) is 0 Å². The second-order valence-electron chi connectivity index (χ2n) is 6.45. The van der Waals surface area contributed by atoms with Crippen LogP contribution in [0.5, 0.6) is 5.75 Å². The molecule has 0 unspecified atom stereocenters. The summed E-state index contributed by atoms with van der Waals surface area (Å²) in [5.74, 6) is 0.626. The average Bonchev–Trinajstić information content (AvgIpc) is 3.17. The van der Waals surface area contributed by atoms with E-state index >= 15 is 0 Å². The summed E-state index contributed by atoms with van der Waals surface area (Å²) in [6.45, 7) is 0.922. The molecule has 28 heavy (non-hydrogen) atoms. The van der Waals surface area contributed by atoms with Crippen LogP contribution >= 0.6 is 11.3 Å². The van der Waals surface area contributed by atoms with Crippen LogP contribution in [0.25, 0.3) is 0 Å². The van der Waals surface area contributed by atoms with Gasteiger partial charge in [-0.3, -0.25) is 9.59 Å². The van der Waals surface area contributed by atoms with Gasteiger partial charge in [0.1, 0.15) is 11.4 Å². The van der Waals surface area contributed by atoms with Crippen molar-refractivity contribution in [3.8, 4) is 5.75 Å². The maximum Gasteiger partial charge on any atom is 0.273 e. The number of aryl methyl sites for hydroxylation is 1. The summed E-state index contributed by atoms with van der Waals surface area (Å²) < 4.78 is 6.47. The molecule has 3 aromatic rings. The highest BCUT2D eigenvalue weighted by Gasteiger charge is 2.25. The Labute approximate surface area is 165 Å². The van der Waals surface area contributed by atoms with Crippen molar-refractivity contribution >= 4 is 28.1 Å². The molecule has 8 nitrogen and oxygen atoms in total. The van der Waals surface area contributed by atoms with Crippen molar-refractivity contribution in [2.24, 2.45) is 7.05 Å². The quantitative estimate of drug-likeness (QED) is 0.726. The normalized spacial score (nSPS) is 13.1. The zero-order valence-corrected chi connectivity index (χ0v) is 16.3. The summed E-state index contributed by atoms with van der Waals surface area (Å²) in [6.07, 6.45) is 0.621. The lowest BCUT2D eigenvalue weighted by Gasteiger charge is -2.27. The number of aromatic nitrogens is 3. The first-order valence-electron chi connectivity index (χ1n) is 8.75. The number of nitrogens with one attached hydrogen (secondary N) is 1. The number of ether oxygens (including phenoxy) is 1. The smallest absolute Gasteiger partial charge is 0.273 e. The van der Waals surface area contributed by atoms with Crippen LogP contribution < -0.4 is 15.6 Å². The minimum atomic E-state index is -0.173. The molecule has 1 amide bonds. The molecule has 0 spiro atoms. The molecule has 9 heteroatoms. The Morgan fingerprint density at radius 1 is 1.29 bits per heavy atom. The van der Waals surface area contributed by atoms with Gasteiger partial charge < -0.3 is 15.0 Å². The van der Waals surface area contributed by atoms with Gasteiger partial charge in [0.15, 0.2) is 5.13 Å². The highest BCUT2D eigenvalue weighted by molar-refractivity contribution is 7.14. The Hall–Kier alpha value is -3.20. The van der Waals surface area contributed by atoms with Gasteiger partial charge in [-0.05, 0) is 24.3 Å². The predicted molar refractivity (Wildman–Crippen MR) is 106 cm³/mol. The van der Waals surface area contributed by atoms with Crippen LogP contribution in [0.3, 0.4) is 0 Å². The van der Waals surface area contributed by atoms with Gasteiger partial charge in [-0.15, -0.1) is 11.3 Å². The average molecular weight is 397 g/mol. The number of methoxy groups -OCH3 is 1. The fraction of sp³-hybridized carbons (Fsp3) is 0.263. The second-order valence-corrected chi connectivity index (χ2v) is 7.30. The number of carbonyl (C=O) groups excluding carboxylic acids is 1. The largest absolute Gasteiger partial charge is 0.497 e. The SMILES string of the molecule is COc1ccc(Nc2nc(C(=O)N3CCc4nn(C)c(=O)cc4C3)cs2)cc1. The summed E-state index contributed by atoms with van der Waals surface area (Å²) >= 11 is 1.37. The van der Waals surface area contributed by atoms with Crippen molar-refractivity contribution in [1.29, 1.82) is 0 Å². The first kappa shape index (κ1) is 18.2. The molecular formula is C19H19N5O3S. The molecule has 0 saturated carbocycles. The topological polar surface area (TPSA) is 89.3 Å². The van der Waals surface area contributed by atoms with Gasteiger partial charge in [0.25, 0.3) is 11.5 Å². The molecule has 0 atom stereocenters. The highest BCUT2D eigenvalue weighted by atomic mass is 32.1. The Morgan fingerprint density at radius 2 is 2.07 bits per heavy atom. The molecule has 3 heterocycles. The van der Waals surface area contributed by atoms with Crippen molar-refractivity contribution in [1.82, 2.24) is 19.7 Å². The van der Waals surface area contributed by atoms with Crippen LogP contribution in [0.4, 0.5) is 10.8 Å². The van der Waals surface area contributed by atoms with Crippen LogP contribution in [0.15, 0.2) is 40.5 Å². The van der Waals surface area contributed by atoms with E-state index in [1.54, 1.807) is 30.5 Å². The van der Waals surface area contributed by atoms with Crippen molar-refractivity contribution in [3.63, 3.8) is 0 Å². The molecule has 0 saturated heterocycles. The number of rotatable bonds is 4. The van der Waals surface area contributed by atoms with Gasteiger partial charge in [-0.1, -0.05) is 0 Å². The third-order valence-electron chi connectivity index (χ3n) is 4.59. The Kier molecular flexibility index (Phi) is 4.82. The van der Waals surface area contributed by atoms with E-state index in [0.717, 1.165) is 22.7 Å². The fourth-order valence-corrected chi connectivity index (χ4v) is 3.76. The van der Waals surface area contributed by atoms with Crippen molar-refractivity contribution in [3.05, 3.63) is 63.0 Å². The Bertz CT molecular complexity index is 1070. The first-order valence-corrected chi connectivity index (χ1v) is 9.63. The van der Waals surface area contributed by atoms with E-state index in [-0.39, 0.29) is 11.5 Å². The molecule has 1 aliphatic rings. The van der Waals surface area contributed by atoms with E-state index < -0.39 is 0 Å². The molecule has 4 rings (SSSR count). The summed E-state index contributed by atoms with van der Waals surface area (Å²) in [7, 11) is 3.25. The maximum atomic E-state index is 12.8. The van der Waals surface area contributed by atoms with E-state index in [2.05, 4.69) is 15.4 Å². The number of thiazole rings is 1. The van der Waals surface area contributed by atoms with Gasteiger partial charge >= 0.3 is 0 Å². The lowest BCUT2D eigenvalue weighted by Crippen LogP contribution is -2.38. The van der Waals surface area contributed by atoms with E-state index in [4.69, 9.17) is 4.74 Å². The van der Waals surface area contributed by atoms with E-state index in [0.29, 0.717) is 30.3 Å². The third kappa shape index (κ3) is 3.61. The van der Waals surface area contributed by atoms with Crippen LogP contribution in [-0.4, -0.2) is 39.2 Å². The minimum Gasteiger partial charge on any atom is -0.497 e. The van der Waals surface area contributed by atoms with Gasteiger partial charge in [-0.25, -0.2) is 9.67 Å². The summed E-state index contributed by atoms with van der Waals surface area (Å²) in [6, 6.07) is 9.03. The van der Waals surface area contributed by atoms with Crippen molar-refractivity contribution in [2.75, 3.05) is 19.0 Å². The molecule has 0 aliphatic carbocycles. The zero-order chi connectivity index (χ0) is 19.7. The van der Waals surface area contributed by atoms with Crippen LogP contribution in [0.1, 0.15) is 21.7 Å². The Morgan fingerprint density at radius 3 is 2.82 bits per heavy atom. The molecule has 1 N–H and O–H groups in total. The maximum absolute atomic E-state index is 12.8. The third-order valence-corrected chi connectivity index (χ3v) is 5.35. The minimum absolute atomic E-state index is 0.148. The zero-order valence-electron chi connectivity index (χ0n) is 15.5. The molecule has 0 fully saturated rings. The van der Waals surface area contributed by atoms with Gasteiger partial charge in [0.05, 0.1) is 12.8 Å². The molecular weight excluding hydrogens is 378 g/mol. The summed E-state index contributed by atoms with van der Waals surface area (Å²) in [5, 5.41) is 9.85.